The van der Waals surface area contributed by atoms with Gasteiger partial charge in [-0.3, -0.25) is 9.59 Å². The van der Waals surface area contributed by atoms with E-state index in [2.05, 4.69) is 0 Å². The Bertz CT molecular complexity index is 836. The molecule has 6 nitrogen and oxygen atoms in total. The number of nitrogens with zero attached hydrogens (tertiary/aromatic N) is 1. The lowest BCUT2D eigenvalue weighted by Gasteiger charge is -2.26. The van der Waals surface area contributed by atoms with Crippen molar-refractivity contribution in [3.63, 3.8) is 0 Å². The minimum absolute atomic E-state index is 0.264. The molecule has 3 atom stereocenters. The van der Waals surface area contributed by atoms with Crippen molar-refractivity contribution in [2.24, 2.45) is 0 Å². The van der Waals surface area contributed by atoms with E-state index in [1.807, 2.05) is 0 Å². The van der Waals surface area contributed by atoms with Crippen molar-refractivity contribution in [3.8, 4) is 0 Å². The molecule has 0 unspecified atom stereocenters. The molecule has 3 rings (SSSR count). The number of esters is 1. The first-order chi connectivity index (χ1) is 12.9. The molecule has 1 fully saturated rings. The molecule has 0 saturated carbocycles. The Morgan fingerprint density at radius 2 is 1.96 bits per heavy atom. The number of Topliss-reactive ketones (excluding diaryl/α,β-unsaturated/α-hetero) is 1. The summed E-state index contributed by atoms with van der Waals surface area (Å²) in [6, 6.07) is 9.07. The second-order valence-electron chi connectivity index (χ2n) is 6.09. The first-order valence-corrected chi connectivity index (χ1v) is 9.75. The number of hydrogen-bond donors (Lipinski definition) is 0. The minimum Gasteiger partial charge on any atom is -0.466 e. The maximum Gasteiger partial charge on any atom is 0.330 e. The standard InChI is InChI=1S/C19H18ClNO5S/c1-11(17(23)13-5-7-14(20)8-6-13)26-19(24)15-10-27-18(21(15)12(2)22)16-4-3-9-25-16/h3-9,11,15,18H,10H2,1-2H3/t11-,15-,18-/m1/s1. The summed E-state index contributed by atoms with van der Waals surface area (Å²) in [6.07, 6.45) is 0.548. The lowest BCUT2D eigenvalue weighted by Crippen LogP contribution is -2.44. The summed E-state index contributed by atoms with van der Waals surface area (Å²) in [5.74, 6) is -0.244. The lowest BCUT2D eigenvalue weighted by atomic mass is 10.1. The number of amides is 1. The molecule has 0 spiro atoms. The van der Waals surface area contributed by atoms with Crippen LogP contribution >= 0.6 is 23.4 Å². The monoisotopic (exact) mass is 407 g/mol. The van der Waals surface area contributed by atoms with E-state index in [1.165, 1.54) is 36.8 Å². The third-order valence-electron chi connectivity index (χ3n) is 4.21. The van der Waals surface area contributed by atoms with Crippen LogP contribution in [-0.4, -0.2) is 40.5 Å². The lowest BCUT2D eigenvalue weighted by molar-refractivity contribution is -0.155. The summed E-state index contributed by atoms with van der Waals surface area (Å²) in [6.45, 7) is 2.91. The van der Waals surface area contributed by atoms with Gasteiger partial charge in [0.1, 0.15) is 17.2 Å². The quantitative estimate of drug-likeness (QED) is 0.555. The molecule has 0 aliphatic carbocycles. The van der Waals surface area contributed by atoms with Crippen molar-refractivity contribution in [1.29, 1.82) is 0 Å². The summed E-state index contributed by atoms with van der Waals surface area (Å²) in [5.41, 5.74) is 0.400. The second kappa shape index (κ2) is 8.19. The molecular weight excluding hydrogens is 390 g/mol. The number of benzene rings is 1. The predicted octanol–water partition coefficient (Wildman–Crippen LogP) is 3.71. The van der Waals surface area contributed by atoms with Crippen LogP contribution < -0.4 is 0 Å². The number of carbonyl (C=O) groups excluding carboxylic acids is 3. The van der Waals surface area contributed by atoms with Gasteiger partial charge in [0.05, 0.1) is 6.26 Å². The molecule has 1 aromatic heterocycles. The first-order valence-electron chi connectivity index (χ1n) is 8.32. The number of halogens is 1. The van der Waals surface area contributed by atoms with Gasteiger partial charge in [-0.15, -0.1) is 11.8 Å². The Kier molecular flexibility index (Phi) is 5.92. The van der Waals surface area contributed by atoms with Gasteiger partial charge in [-0.2, -0.15) is 0 Å². The van der Waals surface area contributed by atoms with Crippen LogP contribution in [0, 0.1) is 0 Å². The smallest absolute Gasteiger partial charge is 0.330 e. The number of ketones is 1. The van der Waals surface area contributed by atoms with Crippen molar-refractivity contribution in [2.45, 2.75) is 31.4 Å². The highest BCUT2D eigenvalue weighted by Crippen LogP contribution is 2.41. The van der Waals surface area contributed by atoms with Gasteiger partial charge in [0, 0.05) is 23.3 Å². The Morgan fingerprint density at radius 3 is 2.56 bits per heavy atom. The zero-order valence-electron chi connectivity index (χ0n) is 14.8. The van der Waals surface area contributed by atoms with E-state index >= 15 is 0 Å². The average molecular weight is 408 g/mol. The van der Waals surface area contributed by atoms with Crippen LogP contribution in [0.5, 0.6) is 0 Å². The highest BCUT2D eigenvalue weighted by Gasteiger charge is 2.43. The van der Waals surface area contributed by atoms with Crippen molar-refractivity contribution >= 4 is 41.0 Å². The minimum atomic E-state index is -0.972. The van der Waals surface area contributed by atoms with Gasteiger partial charge in [0.25, 0.3) is 0 Å². The Hall–Kier alpha value is -2.25. The van der Waals surface area contributed by atoms with Crippen LogP contribution in [0.3, 0.4) is 0 Å². The van der Waals surface area contributed by atoms with Gasteiger partial charge in [0.15, 0.2) is 6.10 Å². The number of carbonyl (C=O) groups is 3. The van der Waals surface area contributed by atoms with Gasteiger partial charge >= 0.3 is 5.97 Å². The normalized spacial score (nSPS) is 20.3. The number of furan rings is 1. The molecular formula is C19H18ClNO5S. The molecule has 2 aromatic rings. The van der Waals surface area contributed by atoms with E-state index in [9.17, 15) is 14.4 Å². The topological polar surface area (TPSA) is 76.8 Å². The van der Waals surface area contributed by atoms with Crippen LogP contribution in [0.4, 0.5) is 0 Å². The molecule has 1 amide bonds. The maximum absolute atomic E-state index is 12.6. The predicted molar refractivity (Wildman–Crippen MR) is 102 cm³/mol. The highest BCUT2D eigenvalue weighted by molar-refractivity contribution is 7.99. The van der Waals surface area contributed by atoms with Crippen LogP contribution in [0.15, 0.2) is 47.1 Å². The summed E-state index contributed by atoms with van der Waals surface area (Å²) in [7, 11) is 0. The summed E-state index contributed by atoms with van der Waals surface area (Å²) in [5, 5.41) is 0.123. The van der Waals surface area contributed by atoms with Gasteiger partial charge < -0.3 is 14.1 Å². The fourth-order valence-corrected chi connectivity index (χ4v) is 4.42. The summed E-state index contributed by atoms with van der Waals surface area (Å²) in [4.78, 5) is 38.7. The molecule has 142 valence electrons. The average Bonchev–Trinajstić information content (AvgIpc) is 3.30. The fourth-order valence-electron chi connectivity index (χ4n) is 2.88. The highest BCUT2D eigenvalue weighted by atomic mass is 35.5. The number of rotatable bonds is 5. The SMILES string of the molecule is CC(=O)N1[C@@H](C(=O)O[C@H](C)C(=O)c2ccc(Cl)cc2)CS[C@@H]1c1ccco1. The van der Waals surface area contributed by atoms with E-state index in [0.29, 0.717) is 22.1 Å². The van der Waals surface area contributed by atoms with E-state index in [-0.39, 0.29) is 11.7 Å². The zero-order valence-corrected chi connectivity index (χ0v) is 16.3. The largest absolute Gasteiger partial charge is 0.466 e. The number of thioether (sulfide) groups is 1. The molecule has 0 N–H and O–H groups in total. The van der Waals surface area contributed by atoms with Crippen LogP contribution in [0.25, 0.3) is 0 Å². The Labute approximate surface area is 165 Å². The molecule has 0 radical (unpaired) electrons. The van der Waals surface area contributed by atoms with Crippen molar-refractivity contribution in [2.75, 3.05) is 5.75 Å². The van der Waals surface area contributed by atoms with Crippen LogP contribution in [-0.2, 0) is 14.3 Å². The third-order valence-corrected chi connectivity index (χ3v) is 5.75. The number of ether oxygens (including phenoxy) is 1. The second-order valence-corrected chi connectivity index (χ2v) is 7.64. The van der Waals surface area contributed by atoms with Gasteiger partial charge in [-0.25, -0.2) is 4.79 Å². The molecule has 0 bridgehead atoms. The molecule has 1 saturated heterocycles. The Morgan fingerprint density at radius 1 is 1.26 bits per heavy atom. The van der Waals surface area contributed by atoms with Crippen molar-refractivity contribution in [3.05, 3.63) is 59.0 Å². The van der Waals surface area contributed by atoms with E-state index in [4.69, 9.17) is 20.8 Å². The zero-order chi connectivity index (χ0) is 19.6. The maximum atomic E-state index is 12.6. The van der Waals surface area contributed by atoms with Gasteiger partial charge in [0.2, 0.25) is 11.7 Å². The van der Waals surface area contributed by atoms with Gasteiger partial charge in [-0.1, -0.05) is 11.6 Å². The number of hydrogen-bond acceptors (Lipinski definition) is 6. The molecule has 1 aliphatic heterocycles. The Balaban J connectivity index is 1.70. The molecule has 27 heavy (non-hydrogen) atoms. The van der Waals surface area contributed by atoms with Gasteiger partial charge in [-0.05, 0) is 43.3 Å². The molecule has 1 aliphatic rings. The van der Waals surface area contributed by atoms with Crippen molar-refractivity contribution < 1.29 is 23.5 Å². The van der Waals surface area contributed by atoms with E-state index in [0.717, 1.165) is 0 Å². The first kappa shape index (κ1) is 19.5. The van der Waals surface area contributed by atoms with E-state index < -0.39 is 23.5 Å². The summed E-state index contributed by atoms with van der Waals surface area (Å²) < 4.78 is 10.7. The van der Waals surface area contributed by atoms with Crippen LogP contribution in [0.1, 0.15) is 35.3 Å². The third kappa shape index (κ3) is 4.20. The molecule has 8 heteroatoms. The fraction of sp³-hybridized carbons (Fsp3) is 0.316. The van der Waals surface area contributed by atoms with Crippen LogP contribution in [0.2, 0.25) is 5.02 Å². The molecule has 2 heterocycles. The van der Waals surface area contributed by atoms with Crippen molar-refractivity contribution in [1.82, 2.24) is 4.90 Å². The van der Waals surface area contributed by atoms with E-state index in [1.54, 1.807) is 36.4 Å². The summed E-state index contributed by atoms with van der Waals surface area (Å²) >= 11 is 7.24. The molecule has 1 aromatic carbocycles.